The maximum absolute atomic E-state index is 8.52. The van der Waals surface area contributed by atoms with Crippen LogP contribution in [0.3, 0.4) is 0 Å². The Balaban J connectivity index is 2.30. The van der Waals surface area contributed by atoms with E-state index >= 15 is 0 Å². The normalized spacial score (nSPS) is 30.2. The Morgan fingerprint density at radius 1 is 1.58 bits per heavy atom. The van der Waals surface area contributed by atoms with Crippen LogP contribution in [0.1, 0.15) is 39.0 Å². The van der Waals surface area contributed by atoms with Gasteiger partial charge in [-0.2, -0.15) is 0 Å². The standard InChI is InChI=1S/C10H18O2/c1-8(2)6-9-4-3-5-10(7-9)12-11/h9-11H,1,3-7H2,2H3/t9-,10+/m0/s1. The van der Waals surface area contributed by atoms with Crippen molar-refractivity contribution >= 4 is 0 Å². The molecule has 0 unspecified atom stereocenters. The summed E-state index contributed by atoms with van der Waals surface area (Å²) >= 11 is 0. The zero-order valence-electron chi connectivity index (χ0n) is 7.75. The summed E-state index contributed by atoms with van der Waals surface area (Å²) in [6, 6.07) is 0. The molecule has 0 aromatic heterocycles. The summed E-state index contributed by atoms with van der Waals surface area (Å²) in [6.07, 6.45) is 5.57. The largest absolute Gasteiger partial charge is 0.252 e. The molecule has 0 heterocycles. The van der Waals surface area contributed by atoms with Crippen LogP contribution in [0.15, 0.2) is 12.2 Å². The lowest BCUT2D eigenvalue weighted by molar-refractivity contribution is -0.286. The van der Waals surface area contributed by atoms with E-state index < -0.39 is 0 Å². The molecule has 1 fully saturated rings. The summed E-state index contributed by atoms with van der Waals surface area (Å²) in [6.45, 7) is 5.96. The molecule has 1 N–H and O–H groups in total. The van der Waals surface area contributed by atoms with Crippen molar-refractivity contribution in [3.05, 3.63) is 12.2 Å². The summed E-state index contributed by atoms with van der Waals surface area (Å²) in [5.74, 6) is 0.674. The SMILES string of the molecule is C=C(C)C[C@@H]1CCC[C@@H](OO)C1. The third kappa shape index (κ3) is 2.95. The lowest BCUT2D eigenvalue weighted by Gasteiger charge is -2.26. The van der Waals surface area contributed by atoms with E-state index in [9.17, 15) is 0 Å². The van der Waals surface area contributed by atoms with Crippen LogP contribution in [-0.2, 0) is 4.89 Å². The van der Waals surface area contributed by atoms with Crippen LogP contribution in [0.5, 0.6) is 0 Å². The van der Waals surface area contributed by atoms with Crippen molar-refractivity contribution in [2.75, 3.05) is 0 Å². The highest BCUT2D eigenvalue weighted by Gasteiger charge is 2.22. The minimum atomic E-state index is 0.0723. The van der Waals surface area contributed by atoms with Crippen LogP contribution in [0.25, 0.3) is 0 Å². The molecule has 1 saturated carbocycles. The Kier molecular flexibility index (Phi) is 3.76. The fraction of sp³-hybridized carbons (Fsp3) is 0.800. The topological polar surface area (TPSA) is 29.5 Å². The lowest BCUT2D eigenvalue weighted by Crippen LogP contribution is -2.21. The molecule has 70 valence electrons. The van der Waals surface area contributed by atoms with E-state index in [-0.39, 0.29) is 6.10 Å². The van der Waals surface area contributed by atoms with Gasteiger partial charge in [0.05, 0.1) is 6.10 Å². The molecule has 0 aromatic rings. The smallest absolute Gasteiger partial charge is 0.0930 e. The fourth-order valence-electron chi connectivity index (χ4n) is 2.02. The number of hydrogen-bond acceptors (Lipinski definition) is 2. The summed E-state index contributed by atoms with van der Waals surface area (Å²) in [5, 5.41) is 8.52. The molecule has 2 nitrogen and oxygen atoms in total. The molecule has 1 rings (SSSR count). The minimum absolute atomic E-state index is 0.0723. The Bertz CT molecular complexity index is 154. The fourth-order valence-corrected chi connectivity index (χ4v) is 2.02. The van der Waals surface area contributed by atoms with Crippen molar-refractivity contribution in [3.8, 4) is 0 Å². The predicted molar refractivity (Wildman–Crippen MR) is 48.9 cm³/mol. The Morgan fingerprint density at radius 3 is 2.92 bits per heavy atom. The summed E-state index contributed by atoms with van der Waals surface area (Å²) in [5.41, 5.74) is 1.23. The van der Waals surface area contributed by atoms with Crippen LogP contribution in [0, 0.1) is 5.92 Å². The van der Waals surface area contributed by atoms with Crippen molar-refractivity contribution in [2.24, 2.45) is 5.92 Å². The molecule has 0 aliphatic heterocycles. The minimum Gasteiger partial charge on any atom is -0.252 e. The average molecular weight is 170 g/mol. The zero-order chi connectivity index (χ0) is 8.97. The van der Waals surface area contributed by atoms with Crippen LogP contribution < -0.4 is 0 Å². The van der Waals surface area contributed by atoms with Gasteiger partial charge in [0.15, 0.2) is 0 Å². The average Bonchev–Trinajstić information content (AvgIpc) is 2.03. The molecule has 0 spiro atoms. The number of rotatable bonds is 3. The van der Waals surface area contributed by atoms with Crippen molar-refractivity contribution in [1.29, 1.82) is 0 Å². The van der Waals surface area contributed by atoms with Gasteiger partial charge in [-0.15, -0.1) is 6.58 Å². The first kappa shape index (κ1) is 9.75. The first-order chi connectivity index (χ1) is 5.72. The Morgan fingerprint density at radius 2 is 2.33 bits per heavy atom. The van der Waals surface area contributed by atoms with Gasteiger partial charge in [-0.1, -0.05) is 12.0 Å². The number of hydrogen-bond donors (Lipinski definition) is 1. The maximum Gasteiger partial charge on any atom is 0.0930 e. The molecule has 12 heavy (non-hydrogen) atoms. The quantitative estimate of drug-likeness (QED) is 0.401. The first-order valence-electron chi connectivity index (χ1n) is 4.67. The Labute approximate surface area is 74.2 Å². The van der Waals surface area contributed by atoms with Gasteiger partial charge in [-0.25, -0.2) is 4.89 Å². The molecule has 0 amide bonds. The molecular weight excluding hydrogens is 152 g/mol. The second kappa shape index (κ2) is 4.63. The monoisotopic (exact) mass is 170 g/mol. The van der Waals surface area contributed by atoms with Gasteiger partial charge < -0.3 is 0 Å². The summed E-state index contributed by atoms with van der Waals surface area (Å²) in [4.78, 5) is 4.37. The highest BCUT2D eigenvalue weighted by molar-refractivity contribution is 4.91. The van der Waals surface area contributed by atoms with Crippen LogP contribution >= 0.6 is 0 Å². The third-order valence-corrected chi connectivity index (χ3v) is 2.52. The zero-order valence-corrected chi connectivity index (χ0v) is 7.75. The van der Waals surface area contributed by atoms with E-state index in [1.54, 1.807) is 0 Å². The second-order valence-electron chi connectivity index (χ2n) is 3.92. The highest BCUT2D eigenvalue weighted by Crippen LogP contribution is 2.29. The van der Waals surface area contributed by atoms with Crippen molar-refractivity contribution < 1.29 is 10.1 Å². The van der Waals surface area contributed by atoms with Crippen molar-refractivity contribution in [2.45, 2.75) is 45.1 Å². The van der Waals surface area contributed by atoms with E-state index in [0.717, 1.165) is 19.3 Å². The molecular formula is C10H18O2. The molecule has 1 aliphatic carbocycles. The van der Waals surface area contributed by atoms with Crippen molar-refractivity contribution in [3.63, 3.8) is 0 Å². The van der Waals surface area contributed by atoms with Crippen LogP contribution in [0.2, 0.25) is 0 Å². The number of allylic oxidation sites excluding steroid dienone is 1. The lowest BCUT2D eigenvalue weighted by atomic mass is 9.84. The van der Waals surface area contributed by atoms with E-state index in [1.807, 2.05) is 0 Å². The molecule has 2 atom stereocenters. The van der Waals surface area contributed by atoms with Crippen LogP contribution in [0.4, 0.5) is 0 Å². The van der Waals surface area contributed by atoms with E-state index in [2.05, 4.69) is 18.4 Å². The van der Waals surface area contributed by atoms with Crippen molar-refractivity contribution in [1.82, 2.24) is 0 Å². The van der Waals surface area contributed by atoms with Gasteiger partial charge >= 0.3 is 0 Å². The summed E-state index contributed by atoms with van der Waals surface area (Å²) in [7, 11) is 0. The van der Waals surface area contributed by atoms with E-state index in [4.69, 9.17) is 5.26 Å². The molecule has 0 radical (unpaired) electrons. The van der Waals surface area contributed by atoms with Gasteiger partial charge in [-0.3, -0.25) is 5.26 Å². The van der Waals surface area contributed by atoms with Gasteiger partial charge in [0, 0.05) is 0 Å². The predicted octanol–water partition coefficient (Wildman–Crippen LogP) is 3.00. The maximum atomic E-state index is 8.52. The van der Waals surface area contributed by atoms with Gasteiger partial charge in [0.1, 0.15) is 0 Å². The molecule has 0 aromatic carbocycles. The highest BCUT2D eigenvalue weighted by atomic mass is 17.1. The molecule has 0 bridgehead atoms. The molecule has 1 aliphatic rings. The Hall–Kier alpha value is -0.340. The van der Waals surface area contributed by atoms with Gasteiger partial charge in [-0.05, 0) is 38.5 Å². The molecule has 2 heteroatoms. The van der Waals surface area contributed by atoms with E-state index in [1.165, 1.54) is 18.4 Å². The van der Waals surface area contributed by atoms with Gasteiger partial charge in [0.2, 0.25) is 0 Å². The van der Waals surface area contributed by atoms with Gasteiger partial charge in [0.25, 0.3) is 0 Å². The first-order valence-corrected chi connectivity index (χ1v) is 4.67. The van der Waals surface area contributed by atoms with Crippen LogP contribution in [-0.4, -0.2) is 11.4 Å². The second-order valence-corrected chi connectivity index (χ2v) is 3.92. The van der Waals surface area contributed by atoms with E-state index in [0.29, 0.717) is 5.92 Å². The molecule has 0 saturated heterocycles. The third-order valence-electron chi connectivity index (χ3n) is 2.52. The summed E-state index contributed by atoms with van der Waals surface area (Å²) < 4.78 is 0.